The van der Waals surface area contributed by atoms with Gasteiger partial charge in [-0.25, -0.2) is 9.98 Å². The fourth-order valence-corrected chi connectivity index (χ4v) is 5.07. The number of benzene rings is 1. The second kappa shape index (κ2) is 7.70. The molecule has 1 aromatic carbocycles. The minimum Gasteiger partial charge on any atom is -0.384 e. The van der Waals surface area contributed by atoms with Gasteiger partial charge in [-0.2, -0.15) is 4.99 Å². The van der Waals surface area contributed by atoms with Gasteiger partial charge in [0.1, 0.15) is 16.4 Å². The van der Waals surface area contributed by atoms with Crippen molar-refractivity contribution in [3.8, 4) is 0 Å². The van der Waals surface area contributed by atoms with Crippen molar-refractivity contribution in [3.63, 3.8) is 0 Å². The predicted octanol–water partition coefficient (Wildman–Crippen LogP) is 4.98. The van der Waals surface area contributed by atoms with Crippen LogP contribution in [0.2, 0.25) is 0 Å². The molecule has 0 bridgehead atoms. The van der Waals surface area contributed by atoms with Gasteiger partial charge in [0.25, 0.3) is 5.70 Å². The standard InChI is InChI=1S/C23H20N6OS/c1-13-6-3-4-9-18(13)29-21-16(20(28-29)15-10-11-19(24)25-12-15)7-5-8-17-22(21)31-23(27-17)26-14(2)30/h3-4,6,9-12H,5,7-8H2,1-2H3,(H-,24,25,26,27,30)/p+1. The van der Waals surface area contributed by atoms with Gasteiger partial charge >= 0.3 is 0 Å². The number of hydrogen-bond donors (Lipinski definition) is 1. The van der Waals surface area contributed by atoms with Crippen molar-refractivity contribution >= 4 is 45.8 Å². The summed E-state index contributed by atoms with van der Waals surface area (Å²) in [6, 6.07) is 11.9. The topological polar surface area (TPSA) is 96.1 Å². The number of aliphatic imine (C=N–C) groups is 2. The third kappa shape index (κ3) is 3.53. The van der Waals surface area contributed by atoms with Crippen LogP contribution in [0.25, 0.3) is 5.70 Å². The lowest BCUT2D eigenvalue weighted by Crippen LogP contribution is -2.06. The number of nitrogens with two attached hydrogens (primary N) is 1. The number of amidine groups is 1. The monoisotopic (exact) mass is 429 g/mol. The van der Waals surface area contributed by atoms with Gasteiger partial charge in [-0.3, -0.25) is 4.79 Å². The van der Waals surface area contributed by atoms with Gasteiger partial charge in [0, 0.05) is 35.4 Å². The van der Waals surface area contributed by atoms with E-state index >= 15 is 0 Å². The summed E-state index contributed by atoms with van der Waals surface area (Å²) < 4.78 is 2.01. The van der Waals surface area contributed by atoms with Gasteiger partial charge in [0.15, 0.2) is 5.17 Å². The van der Waals surface area contributed by atoms with Crippen LogP contribution in [-0.4, -0.2) is 26.5 Å². The number of azo groups is 2. The molecule has 5 rings (SSSR count). The van der Waals surface area contributed by atoms with E-state index in [0.29, 0.717) is 11.0 Å². The van der Waals surface area contributed by atoms with E-state index in [0.717, 1.165) is 63.7 Å². The van der Waals surface area contributed by atoms with Crippen molar-refractivity contribution in [2.45, 2.75) is 33.1 Å². The van der Waals surface area contributed by atoms with E-state index in [1.807, 2.05) is 22.9 Å². The number of aromatic nitrogens is 1. The van der Waals surface area contributed by atoms with E-state index in [2.05, 4.69) is 34.0 Å². The van der Waals surface area contributed by atoms with Gasteiger partial charge in [0.2, 0.25) is 11.6 Å². The lowest BCUT2D eigenvalue weighted by Gasteiger charge is -2.04. The molecule has 1 aromatic heterocycles. The highest BCUT2D eigenvalue weighted by atomic mass is 32.2. The van der Waals surface area contributed by atoms with Crippen molar-refractivity contribution < 1.29 is 9.49 Å². The maximum absolute atomic E-state index is 11.6. The minimum absolute atomic E-state index is 0.245. The summed E-state index contributed by atoms with van der Waals surface area (Å²) in [6.07, 6.45) is 4.43. The van der Waals surface area contributed by atoms with Crippen LogP contribution < -0.4 is 5.73 Å². The molecular formula is C23H21N6OS+. The first-order valence-corrected chi connectivity index (χ1v) is 10.9. The Morgan fingerprint density at radius 2 is 2.03 bits per heavy atom. The molecule has 0 spiro atoms. The van der Waals surface area contributed by atoms with Crippen molar-refractivity contribution in [1.29, 1.82) is 0 Å². The van der Waals surface area contributed by atoms with Crippen molar-refractivity contribution in [3.05, 3.63) is 69.9 Å². The predicted molar refractivity (Wildman–Crippen MR) is 123 cm³/mol. The maximum atomic E-state index is 11.6. The first kappa shape index (κ1) is 19.6. The van der Waals surface area contributed by atoms with E-state index in [4.69, 9.17) is 10.8 Å². The number of hydrogen-bond acceptors (Lipinski definition) is 5. The first-order chi connectivity index (χ1) is 15.0. The molecule has 7 nitrogen and oxygen atoms in total. The summed E-state index contributed by atoms with van der Waals surface area (Å²) in [5.74, 6) is 0.235. The van der Waals surface area contributed by atoms with Crippen molar-refractivity contribution in [1.82, 2.24) is 4.98 Å². The molecule has 3 heterocycles. The van der Waals surface area contributed by atoms with Crippen LogP contribution in [-0.2, 0) is 4.79 Å². The van der Waals surface area contributed by atoms with E-state index < -0.39 is 0 Å². The third-order valence-electron chi connectivity index (χ3n) is 5.38. The molecule has 31 heavy (non-hydrogen) atoms. The van der Waals surface area contributed by atoms with Crippen LogP contribution in [0.4, 0.5) is 11.5 Å². The molecule has 0 radical (unpaired) electrons. The summed E-state index contributed by atoms with van der Waals surface area (Å²) >= 11 is 1.45. The molecule has 0 saturated heterocycles. The number of amides is 1. The Bertz CT molecular complexity index is 1270. The summed E-state index contributed by atoms with van der Waals surface area (Å²) in [4.78, 5) is 25.6. The van der Waals surface area contributed by atoms with Gasteiger partial charge in [-0.1, -0.05) is 18.2 Å². The molecule has 1 aliphatic carbocycles. The van der Waals surface area contributed by atoms with Crippen LogP contribution in [0, 0.1) is 6.92 Å². The van der Waals surface area contributed by atoms with E-state index in [1.165, 1.54) is 18.7 Å². The molecule has 2 aromatic rings. The summed E-state index contributed by atoms with van der Waals surface area (Å²) in [6.45, 7) is 3.52. The number of fused-ring (bicyclic) bond motifs is 2. The number of carbonyl (C=O) groups excluding carboxylic acids is 1. The van der Waals surface area contributed by atoms with Crippen LogP contribution in [0.3, 0.4) is 0 Å². The summed E-state index contributed by atoms with van der Waals surface area (Å²) in [7, 11) is 0. The second-order valence-corrected chi connectivity index (χ2v) is 8.58. The van der Waals surface area contributed by atoms with Crippen molar-refractivity contribution in [2.75, 3.05) is 5.73 Å². The SMILES string of the molecule is CC(=O)N=C1N=C2CCCC3=C(c4ccc(N)nc4)N=[N+](c4ccccc4C)C3=C2S1. The number of allylic oxidation sites excluding steroid dienone is 2. The molecule has 8 heteroatoms. The number of para-hydroxylation sites is 1. The number of nitrogens with zero attached hydrogens (tertiary/aromatic N) is 5. The highest BCUT2D eigenvalue weighted by molar-refractivity contribution is 8.18. The lowest BCUT2D eigenvalue weighted by molar-refractivity contribution is -0.446. The van der Waals surface area contributed by atoms with Gasteiger partial charge in [-0.15, -0.1) is 0 Å². The number of rotatable bonds is 2. The number of thioether (sulfide) groups is 1. The van der Waals surface area contributed by atoms with Crippen LogP contribution in [0.1, 0.15) is 37.3 Å². The smallest absolute Gasteiger partial charge is 0.260 e. The fourth-order valence-electron chi connectivity index (χ4n) is 3.98. The summed E-state index contributed by atoms with van der Waals surface area (Å²) in [5, 5.41) is 5.55. The highest BCUT2D eigenvalue weighted by Gasteiger charge is 2.42. The molecule has 2 N–H and O–H groups in total. The molecule has 0 unspecified atom stereocenters. The first-order valence-electron chi connectivity index (χ1n) is 10.1. The third-order valence-corrected chi connectivity index (χ3v) is 6.38. The normalized spacial score (nSPS) is 19.2. The van der Waals surface area contributed by atoms with Gasteiger partial charge in [0.05, 0.1) is 11.3 Å². The fraction of sp³-hybridized carbons (Fsp3) is 0.217. The maximum Gasteiger partial charge on any atom is 0.260 e. The number of carbonyl (C=O) groups is 1. The zero-order valence-electron chi connectivity index (χ0n) is 17.3. The molecule has 2 aliphatic heterocycles. The Morgan fingerprint density at radius 1 is 1.19 bits per heavy atom. The molecule has 0 fully saturated rings. The number of aryl methyl sites for hydroxylation is 1. The number of anilines is 1. The lowest BCUT2D eigenvalue weighted by atomic mass is 10.0. The molecule has 0 saturated carbocycles. The Balaban J connectivity index is 1.75. The van der Waals surface area contributed by atoms with Gasteiger partial charge < -0.3 is 5.73 Å². The van der Waals surface area contributed by atoms with Crippen LogP contribution in [0.5, 0.6) is 0 Å². The Morgan fingerprint density at radius 3 is 2.77 bits per heavy atom. The molecule has 154 valence electrons. The van der Waals surface area contributed by atoms with Crippen molar-refractivity contribution in [2.24, 2.45) is 15.1 Å². The Kier molecular flexibility index (Phi) is 4.86. The van der Waals surface area contributed by atoms with Crippen LogP contribution >= 0.6 is 11.8 Å². The summed E-state index contributed by atoms with van der Waals surface area (Å²) in [5.41, 5.74) is 12.9. The number of nitrogen functional groups attached to an aromatic ring is 1. The van der Waals surface area contributed by atoms with Gasteiger partial charge in [-0.05, 0) is 54.8 Å². The zero-order chi connectivity index (χ0) is 21.5. The highest BCUT2D eigenvalue weighted by Crippen LogP contribution is 2.47. The zero-order valence-corrected chi connectivity index (χ0v) is 18.1. The second-order valence-electron chi connectivity index (χ2n) is 7.60. The number of pyridine rings is 1. The molecule has 0 atom stereocenters. The Labute approximate surface area is 184 Å². The average molecular weight is 430 g/mol. The largest absolute Gasteiger partial charge is 0.384 e. The Hall–Kier alpha value is -3.39. The van der Waals surface area contributed by atoms with E-state index in [9.17, 15) is 4.79 Å². The minimum atomic E-state index is -0.245. The van der Waals surface area contributed by atoms with E-state index in [1.54, 1.807) is 12.3 Å². The quantitative estimate of drug-likeness (QED) is 0.681. The van der Waals surface area contributed by atoms with Crippen LogP contribution in [0.15, 0.2) is 73.9 Å². The average Bonchev–Trinajstić information content (AvgIpc) is 3.25. The molecular weight excluding hydrogens is 408 g/mol. The van der Waals surface area contributed by atoms with E-state index in [-0.39, 0.29) is 5.91 Å². The molecule has 3 aliphatic rings. The molecule has 1 amide bonds.